The summed E-state index contributed by atoms with van der Waals surface area (Å²) in [5.41, 5.74) is 0.470. The zero-order chi connectivity index (χ0) is 11.1. The van der Waals surface area contributed by atoms with Crippen molar-refractivity contribution in [1.82, 2.24) is 10.2 Å². The van der Waals surface area contributed by atoms with Gasteiger partial charge >= 0.3 is 0 Å². The summed E-state index contributed by atoms with van der Waals surface area (Å²) < 4.78 is 0. The second-order valence-electron chi connectivity index (χ2n) is 4.98. The van der Waals surface area contributed by atoms with Gasteiger partial charge in [-0.3, -0.25) is 4.90 Å². The van der Waals surface area contributed by atoms with Gasteiger partial charge in [0.05, 0.1) is 6.54 Å². The van der Waals surface area contributed by atoms with Gasteiger partial charge in [-0.05, 0) is 44.3 Å². The molecule has 86 valence electrons. The Morgan fingerprint density at radius 2 is 2.07 bits per heavy atom. The standard InChI is InChI=1S/C13H24N2/c1-4-10-15(11-5-2)12-13(3)6-8-14-9-7-13/h1,14H,5-12H2,2-3H3. The summed E-state index contributed by atoms with van der Waals surface area (Å²) in [6.45, 7) is 10.0. The molecule has 0 atom stereocenters. The highest BCUT2D eigenvalue weighted by molar-refractivity contribution is 4.91. The summed E-state index contributed by atoms with van der Waals surface area (Å²) in [6, 6.07) is 0. The van der Waals surface area contributed by atoms with Crippen molar-refractivity contribution in [2.24, 2.45) is 5.41 Å². The van der Waals surface area contributed by atoms with Crippen LogP contribution in [0.25, 0.3) is 0 Å². The summed E-state index contributed by atoms with van der Waals surface area (Å²) in [5, 5.41) is 3.42. The topological polar surface area (TPSA) is 15.3 Å². The van der Waals surface area contributed by atoms with E-state index in [2.05, 4.69) is 30.0 Å². The van der Waals surface area contributed by atoms with Crippen LogP contribution in [0, 0.1) is 17.8 Å². The van der Waals surface area contributed by atoms with E-state index in [1.54, 1.807) is 0 Å². The first-order valence-electron chi connectivity index (χ1n) is 6.07. The van der Waals surface area contributed by atoms with Crippen LogP contribution in [-0.4, -0.2) is 37.6 Å². The molecule has 0 radical (unpaired) electrons. The number of rotatable bonds is 5. The molecule has 1 saturated heterocycles. The van der Waals surface area contributed by atoms with Crippen molar-refractivity contribution < 1.29 is 0 Å². The van der Waals surface area contributed by atoms with Crippen LogP contribution in [-0.2, 0) is 0 Å². The zero-order valence-electron chi connectivity index (χ0n) is 10.2. The van der Waals surface area contributed by atoms with Crippen LogP contribution in [0.15, 0.2) is 0 Å². The molecule has 0 bridgehead atoms. The van der Waals surface area contributed by atoms with Gasteiger partial charge in [0.2, 0.25) is 0 Å². The molecule has 2 nitrogen and oxygen atoms in total. The lowest BCUT2D eigenvalue weighted by Gasteiger charge is -2.38. The Hall–Kier alpha value is -0.520. The number of piperidine rings is 1. The van der Waals surface area contributed by atoms with E-state index in [9.17, 15) is 0 Å². The van der Waals surface area contributed by atoms with Crippen molar-refractivity contribution in [1.29, 1.82) is 0 Å². The molecular formula is C13H24N2. The zero-order valence-corrected chi connectivity index (χ0v) is 10.2. The maximum Gasteiger partial charge on any atom is 0.0599 e. The summed E-state index contributed by atoms with van der Waals surface area (Å²) >= 11 is 0. The van der Waals surface area contributed by atoms with Crippen molar-refractivity contribution >= 4 is 0 Å². The normalized spacial score (nSPS) is 20.1. The van der Waals surface area contributed by atoms with Crippen LogP contribution in [0.2, 0.25) is 0 Å². The first kappa shape index (κ1) is 12.5. The first-order valence-corrected chi connectivity index (χ1v) is 6.07. The minimum Gasteiger partial charge on any atom is -0.317 e. The largest absolute Gasteiger partial charge is 0.317 e. The SMILES string of the molecule is C#CCN(CCC)CC1(C)CCNCC1. The lowest BCUT2D eigenvalue weighted by atomic mass is 9.80. The molecule has 0 amide bonds. The van der Waals surface area contributed by atoms with Crippen LogP contribution in [0.3, 0.4) is 0 Å². The average molecular weight is 208 g/mol. The maximum atomic E-state index is 5.40. The molecule has 0 aromatic rings. The van der Waals surface area contributed by atoms with Gasteiger partial charge < -0.3 is 5.32 Å². The van der Waals surface area contributed by atoms with Gasteiger partial charge in [0.15, 0.2) is 0 Å². The molecule has 1 rings (SSSR count). The van der Waals surface area contributed by atoms with Crippen LogP contribution in [0.5, 0.6) is 0 Å². The highest BCUT2D eigenvalue weighted by Crippen LogP contribution is 2.28. The van der Waals surface area contributed by atoms with E-state index in [1.165, 1.54) is 19.3 Å². The fraction of sp³-hybridized carbons (Fsp3) is 0.846. The molecule has 0 aromatic carbocycles. The lowest BCUT2D eigenvalue weighted by molar-refractivity contribution is 0.138. The molecule has 1 aliphatic heterocycles. The van der Waals surface area contributed by atoms with Crippen molar-refractivity contribution in [2.75, 3.05) is 32.7 Å². The quantitative estimate of drug-likeness (QED) is 0.692. The minimum atomic E-state index is 0.470. The van der Waals surface area contributed by atoms with E-state index in [0.29, 0.717) is 5.41 Å². The maximum absolute atomic E-state index is 5.40. The fourth-order valence-corrected chi connectivity index (χ4v) is 2.39. The predicted molar refractivity (Wildman–Crippen MR) is 65.8 cm³/mol. The number of hydrogen-bond acceptors (Lipinski definition) is 2. The third-order valence-corrected chi connectivity index (χ3v) is 3.27. The molecule has 2 heteroatoms. The Balaban J connectivity index is 2.44. The van der Waals surface area contributed by atoms with Crippen molar-refractivity contribution in [3.63, 3.8) is 0 Å². The van der Waals surface area contributed by atoms with Crippen molar-refractivity contribution in [2.45, 2.75) is 33.1 Å². The summed E-state index contributed by atoms with van der Waals surface area (Å²) in [4.78, 5) is 2.42. The third-order valence-electron chi connectivity index (χ3n) is 3.27. The third kappa shape index (κ3) is 4.24. The smallest absolute Gasteiger partial charge is 0.0599 e. The fourth-order valence-electron chi connectivity index (χ4n) is 2.39. The Morgan fingerprint density at radius 1 is 1.40 bits per heavy atom. The van der Waals surface area contributed by atoms with Crippen LogP contribution < -0.4 is 5.32 Å². The van der Waals surface area contributed by atoms with E-state index < -0.39 is 0 Å². The minimum absolute atomic E-state index is 0.470. The average Bonchev–Trinajstić information content (AvgIpc) is 2.19. The molecule has 0 unspecified atom stereocenters. The van der Waals surface area contributed by atoms with E-state index in [0.717, 1.165) is 32.7 Å². The monoisotopic (exact) mass is 208 g/mol. The Kier molecular flexibility index (Phi) is 5.14. The molecule has 0 saturated carbocycles. The molecule has 0 spiro atoms. The number of nitrogens with zero attached hydrogens (tertiary/aromatic N) is 1. The number of terminal acetylenes is 1. The Bertz CT molecular complexity index is 211. The molecule has 1 N–H and O–H groups in total. The molecule has 0 aliphatic carbocycles. The molecule has 0 aromatic heterocycles. The predicted octanol–water partition coefficient (Wildman–Crippen LogP) is 1.72. The van der Waals surface area contributed by atoms with Crippen LogP contribution in [0.1, 0.15) is 33.1 Å². The molecule has 1 fully saturated rings. The first-order chi connectivity index (χ1) is 7.20. The van der Waals surface area contributed by atoms with Gasteiger partial charge in [0, 0.05) is 6.54 Å². The number of hydrogen-bond donors (Lipinski definition) is 1. The van der Waals surface area contributed by atoms with Crippen molar-refractivity contribution in [3.05, 3.63) is 0 Å². The van der Waals surface area contributed by atoms with E-state index >= 15 is 0 Å². The van der Waals surface area contributed by atoms with E-state index in [-0.39, 0.29) is 0 Å². The highest BCUT2D eigenvalue weighted by atomic mass is 15.1. The molecule has 1 heterocycles. The molecular weight excluding hydrogens is 184 g/mol. The second-order valence-corrected chi connectivity index (χ2v) is 4.98. The molecule has 1 aliphatic rings. The van der Waals surface area contributed by atoms with Gasteiger partial charge in [-0.1, -0.05) is 19.8 Å². The van der Waals surface area contributed by atoms with Crippen LogP contribution in [0.4, 0.5) is 0 Å². The summed E-state index contributed by atoms with van der Waals surface area (Å²) in [5.74, 6) is 2.77. The van der Waals surface area contributed by atoms with Gasteiger partial charge in [-0.15, -0.1) is 6.42 Å². The van der Waals surface area contributed by atoms with Crippen LogP contribution >= 0.6 is 0 Å². The van der Waals surface area contributed by atoms with Gasteiger partial charge in [-0.2, -0.15) is 0 Å². The number of nitrogens with one attached hydrogen (secondary N) is 1. The van der Waals surface area contributed by atoms with Crippen molar-refractivity contribution in [3.8, 4) is 12.3 Å². The lowest BCUT2D eigenvalue weighted by Crippen LogP contribution is -2.43. The second kappa shape index (κ2) is 6.15. The summed E-state index contributed by atoms with van der Waals surface area (Å²) in [7, 11) is 0. The van der Waals surface area contributed by atoms with E-state index in [4.69, 9.17) is 6.42 Å². The van der Waals surface area contributed by atoms with E-state index in [1.807, 2.05) is 0 Å². The Morgan fingerprint density at radius 3 is 2.60 bits per heavy atom. The summed E-state index contributed by atoms with van der Waals surface area (Å²) in [6.07, 6.45) is 9.15. The van der Waals surface area contributed by atoms with Gasteiger partial charge in [-0.25, -0.2) is 0 Å². The van der Waals surface area contributed by atoms with Gasteiger partial charge in [0.25, 0.3) is 0 Å². The highest BCUT2D eigenvalue weighted by Gasteiger charge is 2.28. The van der Waals surface area contributed by atoms with Gasteiger partial charge in [0.1, 0.15) is 0 Å². The molecule has 15 heavy (non-hydrogen) atoms. The Labute approximate surface area is 94.4 Å².